The fraction of sp³-hybridized carbons (Fsp3) is 0.0870. The van der Waals surface area contributed by atoms with Gasteiger partial charge in [-0.3, -0.25) is 4.79 Å². The largest absolute Gasteiger partial charge is 0.317 e. The Morgan fingerprint density at radius 2 is 1.80 bits per heavy atom. The van der Waals surface area contributed by atoms with Crippen LogP contribution in [0, 0.1) is 19.7 Å². The highest BCUT2D eigenvalue weighted by Gasteiger charge is 2.20. The van der Waals surface area contributed by atoms with Crippen LogP contribution in [0.15, 0.2) is 66.7 Å². The van der Waals surface area contributed by atoms with Gasteiger partial charge >= 0.3 is 0 Å². The van der Waals surface area contributed by atoms with Gasteiger partial charge in [0.15, 0.2) is 5.82 Å². The van der Waals surface area contributed by atoms with Crippen molar-refractivity contribution in [3.05, 3.63) is 94.5 Å². The van der Waals surface area contributed by atoms with E-state index < -0.39 is 11.7 Å². The van der Waals surface area contributed by atoms with Crippen molar-refractivity contribution in [3.63, 3.8) is 0 Å². The van der Waals surface area contributed by atoms with Gasteiger partial charge in [-0.05, 0) is 61.4 Å². The summed E-state index contributed by atoms with van der Waals surface area (Å²) in [6.45, 7) is 4.02. The van der Waals surface area contributed by atoms with Gasteiger partial charge in [-0.1, -0.05) is 41.9 Å². The lowest BCUT2D eigenvalue weighted by atomic mass is 10.1. The molecule has 3 aromatic carbocycles. The average Bonchev–Trinajstić information content (AvgIpc) is 3.17. The fourth-order valence-electron chi connectivity index (χ4n) is 3.00. The number of anilines is 1. The lowest BCUT2D eigenvalue weighted by molar-refractivity contribution is 0.101. The number of halogens is 2. The van der Waals surface area contributed by atoms with Crippen LogP contribution >= 0.6 is 11.6 Å². The molecule has 0 spiro atoms. The smallest absolute Gasteiger partial charge is 0.295 e. The monoisotopic (exact) mass is 420 g/mol. The topological polar surface area (TPSA) is 59.8 Å². The summed E-state index contributed by atoms with van der Waals surface area (Å²) in [6.07, 6.45) is 0. The highest BCUT2D eigenvalue weighted by molar-refractivity contribution is 6.30. The van der Waals surface area contributed by atoms with Crippen LogP contribution in [0.3, 0.4) is 0 Å². The number of para-hydroxylation sites is 1. The van der Waals surface area contributed by atoms with E-state index in [9.17, 15) is 9.18 Å². The zero-order valence-corrected chi connectivity index (χ0v) is 17.1. The number of carbonyl (C=O) groups is 1. The normalized spacial score (nSPS) is 10.8. The summed E-state index contributed by atoms with van der Waals surface area (Å²) < 4.78 is 15.5. The van der Waals surface area contributed by atoms with Crippen molar-refractivity contribution in [2.45, 2.75) is 13.8 Å². The molecule has 0 aliphatic carbocycles. The van der Waals surface area contributed by atoms with Gasteiger partial charge in [0.2, 0.25) is 5.82 Å². The SMILES string of the molecule is Cc1ccc(-n2nc(C(=O)Nc3ccccc3F)nc2-c2cccc(Cl)c2)cc1C. The molecule has 150 valence electrons. The minimum absolute atomic E-state index is 0.0642. The molecule has 1 heterocycles. The van der Waals surface area contributed by atoms with E-state index in [0.717, 1.165) is 16.8 Å². The first-order valence-corrected chi connectivity index (χ1v) is 9.66. The molecule has 0 saturated heterocycles. The van der Waals surface area contributed by atoms with E-state index in [1.807, 2.05) is 38.1 Å². The predicted octanol–water partition coefficient (Wildman–Crippen LogP) is 5.60. The van der Waals surface area contributed by atoms with Crippen molar-refractivity contribution in [1.29, 1.82) is 0 Å². The third-order valence-electron chi connectivity index (χ3n) is 4.75. The highest BCUT2D eigenvalue weighted by Crippen LogP contribution is 2.25. The van der Waals surface area contributed by atoms with Crippen LogP contribution in [0.4, 0.5) is 10.1 Å². The van der Waals surface area contributed by atoms with Crippen molar-refractivity contribution in [3.8, 4) is 17.1 Å². The summed E-state index contributed by atoms with van der Waals surface area (Å²) in [6, 6.07) is 18.9. The van der Waals surface area contributed by atoms with Crippen molar-refractivity contribution >= 4 is 23.2 Å². The number of rotatable bonds is 4. The Morgan fingerprint density at radius 3 is 2.53 bits per heavy atom. The van der Waals surface area contributed by atoms with E-state index in [2.05, 4.69) is 15.4 Å². The summed E-state index contributed by atoms with van der Waals surface area (Å²) in [5, 5.41) is 7.48. The van der Waals surface area contributed by atoms with E-state index in [0.29, 0.717) is 16.4 Å². The maximum atomic E-state index is 13.9. The number of hydrogen-bond acceptors (Lipinski definition) is 3. The molecule has 30 heavy (non-hydrogen) atoms. The number of aromatic nitrogens is 3. The van der Waals surface area contributed by atoms with Gasteiger partial charge in [0.25, 0.3) is 5.91 Å². The first-order valence-electron chi connectivity index (χ1n) is 9.29. The first kappa shape index (κ1) is 19.8. The molecular formula is C23H18ClFN4O. The van der Waals surface area contributed by atoms with Crippen LogP contribution in [0.1, 0.15) is 21.7 Å². The van der Waals surface area contributed by atoms with Gasteiger partial charge in [0.05, 0.1) is 11.4 Å². The van der Waals surface area contributed by atoms with Crippen LogP contribution in [-0.2, 0) is 0 Å². The van der Waals surface area contributed by atoms with Gasteiger partial charge in [-0.25, -0.2) is 14.1 Å². The Morgan fingerprint density at radius 1 is 1.00 bits per heavy atom. The molecule has 1 aromatic heterocycles. The molecule has 0 saturated carbocycles. The lowest BCUT2D eigenvalue weighted by Gasteiger charge is -2.08. The van der Waals surface area contributed by atoms with Gasteiger partial charge in [0, 0.05) is 10.6 Å². The Kier molecular flexibility index (Phi) is 5.33. The third-order valence-corrected chi connectivity index (χ3v) is 4.99. The number of carbonyl (C=O) groups excluding carboxylic acids is 1. The van der Waals surface area contributed by atoms with Gasteiger partial charge in [-0.15, -0.1) is 5.10 Å². The van der Waals surface area contributed by atoms with E-state index >= 15 is 0 Å². The molecule has 0 aliphatic heterocycles. The molecule has 4 aromatic rings. The number of nitrogens with one attached hydrogen (secondary N) is 1. The maximum absolute atomic E-state index is 13.9. The third kappa shape index (κ3) is 3.95. The van der Waals surface area contributed by atoms with E-state index in [1.54, 1.807) is 35.0 Å². The Balaban J connectivity index is 1.80. The molecule has 5 nitrogen and oxygen atoms in total. The summed E-state index contributed by atoms with van der Waals surface area (Å²) in [4.78, 5) is 17.2. The second kappa shape index (κ2) is 8.08. The number of aryl methyl sites for hydroxylation is 2. The minimum Gasteiger partial charge on any atom is -0.317 e. The quantitative estimate of drug-likeness (QED) is 0.467. The molecule has 1 amide bonds. The van der Waals surface area contributed by atoms with Gasteiger partial charge in [0.1, 0.15) is 5.82 Å². The first-order chi connectivity index (χ1) is 14.4. The van der Waals surface area contributed by atoms with E-state index in [4.69, 9.17) is 11.6 Å². The highest BCUT2D eigenvalue weighted by atomic mass is 35.5. The molecule has 0 bridgehead atoms. The molecule has 1 N–H and O–H groups in total. The summed E-state index contributed by atoms with van der Waals surface area (Å²) in [7, 11) is 0. The summed E-state index contributed by atoms with van der Waals surface area (Å²) >= 11 is 6.15. The molecule has 0 fully saturated rings. The second-order valence-electron chi connectivity index (χ2n) is 6.88. The van der Waals surface area contributed by atoms with E-state index in [-0.39, 0.29) is 11.5 Å². The Hall–Kier alpha value is -3.51. The molecular weight excluding hydrogens is 403 g/mol. The van der Waals surface area contributed by atoms with Crippen molar-refractivity contribution in [1.82, 2.24) is 14.8 Å². The van der Waals surface area contributed by atoms with Crippen LogP contribution in [0.2, 0.25) is 5.02 Å². The predicted molar refractivity (Wildman–Crippen MR) is 116 cm³/mol. The van der Waals surface area contributed by atoms with Crippen LogP contribution < -0.4 is 5.32 Å². The van der Waals surface area contributed by atoms with E-state index in [1.165, 1.54) is 12.1 Å². The number of nitrogens with zero attached hydrogens (tertiary/aromatic N) is 3. The molecule has 7 heteroatoms. The number of hydrogen-bond donors (Lipinski definition) is 1. The minimum atomic E-state index is -0.606. The van der Waals surface area contributed by atoms with Crippen LogP contribution in [0.25, 0.3) is 17.1 Å². The second-order valence-corrected chi connectivity index (χ2v) is 7.32. The number of amides is 1. The Bertz CT molecular complexity index is 1250. The molecule has 0 aliphatic rings. The van der Waals surface area contributed by atoms with Gasteiger partial charge < -0.3 is 5.32 Å². The summed E-state index contributed by atoms with van der Waals surface area (Å²) in [5.74, 6) is -0.758. The standard InChI is InChI=1S/C23H18ClFN4O/c1-14-10-11-18(12-15(14)2)29-22(16-6-5-7-17(24)13-16)27-21(28-29)23(30)26-20-9-4-3-8-19(20)25/h3-13H,1-2H3,(H,26,30). The van der Waals surface area contributed by atoms with Crippen molar-refractivity contribution < 1.29 is 9.18 Å². The maximum Gasteiger partial charge on any atom is 0.295 e. The van der Waals surface area contributed by atoms with Crippen LogP contribution in [-0.4, -0.2) is 20.7 Å². The molecule has 0 atom stereocenters. The lowest BCUT2D eigenvalue weighted by Crippen LogP contribution is -2.15. The van der Waals surface area contributed by atoms with Crippen molar-refractivity contribution in [2.24, 2.45) is 0 Å². The Labute approximate surface area is 178 Å². The molecule has 4 rings (SSSR count). The number of benzene rings is 3. The zero-order valence-electron chi connectivity index (χ0n) is 16.4. The summed E-state index contributed by atoms with van der Waals surface area (Å²) in [5.41, 5.74) is 3.75. The van der Waals surface area contributed by atoms with Gasteiger partial charge in [-0.2, -0.15) is 0 Å². The molecule has 0 unspecified atom stereocenters. The molecule has 0 radical (unpaired) electrons. The van der Waals surface area contributed by atoms with Crippen molar-refractivity contribution in [2.75, 3.05) is 5.32 Å². The fourth-order valence-corrected chi connectivity index (χ4v) is 3.19. The average molecular weight is 421 g/mol. The zero-order chi connectivity index (χ0) is 21.3. The van der Waals surface area contributed by atoms with Crippen LogP contribution in [0.5, 0.6) is 0 Å².